The van der Waals surface area contributed by atoms with Gasteiger partial charge in [-0.25, -0.2) is 0 Å². The maximum absolute atomic E-state index is 11.9. The number of likely N-dealkylation sites (tertiary alicyclic amines) is 1. The van der Waals surface area contributed by atoms with Crippen molar-refractivity contribution in [1.29, 1.82) is 0 Å². The number of nitrogens with one attached hydrogen (secondary N) is 2. The molecule has 2 rings (SSSR count). The van der Waals surface area contributed by atoms with Crippen LogP contribution < -0.4 is 10.6 Å². The predicted octanol–water partition coefficient (Wildman–Crippen LogP) is 1.65. The molecule has 1 aromatic rings. The number of carbonyl (C=O) groups is 2. The summed E-state index contributed by atoms with van der Waals surface area (Å²) in [5.74, 6) is 0.153. The maximum Gasteiger partial charge on any atom is 0.251 e. The van der Waals surface area contributed by atoms with Gasteiger partial charge in [0.1, 0.15) is 0 Å². The van der Waals surface area contributed by atoms with Crippen LogP contribution in [0.1, 0.15) is 37.0 Å². The van der Waals surface area contributed by atoms with E-state index in [1.165, 1.54) is 6.42 Å². The Kier molecular flexibility index (Phi) is 6.59. The molecule has 0 saturated carbocycles. The van der Waals surface area contributed by atoms with Crippen molar-refractivity contribution in [3.05, 3.63) is 35.9 Å². The number of amides is 2. The molecule has 1 atom stereocenters. The molecular formula is C18H27N3O2. The summed E-state index contributed by atoms with van der Waals surface area (Å²) in [4.78, 5) is 26.2. The summed E-state index contributed by atoms with van der Waals surface area (Å²) in [6.45, 7) is 7.31. The van der Waals surface area contributed by atoms with E-state index in [9.17, 15) is 9.59 Å². The molecule has 126 valence electrons. The van der Waals surface area contributed by atoms with Gasteiger partial charge in [0.15, 0.2) is 0 Å². The minimum atomic E-state index is -0.218. The molecule has 0 spiro atoms. The Bertz CT molecular complexity index is 516. The van der Waals surface area contributed by atoms with Crippen molar-refractivity contribution < 1.29 is 9.59 Å². The van der Waals surface area contributed by atoms with Crippen LogP contribution in [-0.4, -0.2) is 48.9 Å². The van der Waals surface area contributed by atoms with Crippen LogP contribution in [0.25, 0.3) is 0 Å². The second kappa shape index (κ2) is 8.67. The van der Waals surface area contributed by atoms with E-state index >= 15 is 0 Å². The smallest absolute Gasteiger partial charge is 0.251 e. The van der Waals surface area contributed by atoms with E-state index in [2.05, 4.69) is 29.4 Å². The SMILES string of the molecule is CC(C)N1CCCC(CNC(=O)CNC(=O)c2ccccc2)C1. The first-order valence-electron chi connectivity index (χ1n) is 8.40. The van der Waals surface area contributed by atoms with Crippen molar-refractivity contribution in [1.82, 2.24) is 15.5 Å². The largest absolute Gasteiger partial charge is 0.354 e. The number of carbonyl (C=O) groups excluding carboxylic acids is 2. The third kappa shape index (κ3) is 5.67. The zero-order valence-corrected chi connectivity index (χ0v) is 14.0. The lowest BCUT2D eigenvalue weighted by molar-refractivity contribution is -0.120. The molecule has 1 unspecified atom stereocenters. The van der Waals surface area contributed by atoms with E-state index in [1.54, 1.807) is 24.3 Å². The van der Waals surface area contributed by atoms with Crippen molar-refractivity contribution in [3.8, 4) is 0 Å². The van der Waals surface area contributed by atoms with Gasteiger partial charge in [-0.2, -0.15) is 0 Å². The van der Waals surface area contributed by atoms with E-state index in [-0.39, 0.29) is 18.4 Å². The van der Waals surface area contributed by atoms with Gasteiger partial charge in [0.05, 0.1) is 6.54 Å². The maximum atomic E-state index is 11.9. The average Bonchev–Trinajstić information content (AvgIpc) is 2.58. The minimum absolute atomic E-state index is 0.0222. The van der Waals surface area contributed by atoms with Crippen LogP contribution in [-0.2, 0) is 4.79 Å². The molecule has 1 heterocycles. The van der Waals surface area contributed by atoms with Crippen molar-refractivity contribution in [2.24, 2.45) is 5.92 Å². The van der Waals surface area contributed by atoms with Gasteiger partial charge in [-0.3, -0.25) is 9.59 Å². The molecule has 5 nitrogen and oxygen atoms in total. The van der Waals surface area contributed by atoms with Gasteiger partial charge in [-0.1, -0.05) is 18.2 Å². The van der Waals surface area contributed by atoms with E-state index in [4.69, 9.17) is 0 Å². The number of hydrogen-bond donors (Lipinski definition) is 2. The second-order valence-electron chi connectivity index (χ2n) is 6.45. The Morgan fingerprint density at radius 3 is 2.65 bits per heavy atom. The van der Waals surface area contributed by atoms with Gasteiger partial charge >= 0.3 is 0 Å². The Morgan fingerprint density at radius 1 is 1.22 bits per heavy atom. The molecule has 2 N–H and O–H groups in total. The minimum Gasteiger partial charge on any atom is -0.354 e. The predicted molar refractivity (Wildman–Crippen MR) is 91.2 cm³/mol. The summed E-state index contributed by atoms with van der Waals surface area (Å²) in [7, 11) is 0. The van der Waals surface area contributed by atoms with E-state index < -0.39 is 0 Å². The summed E-state index contributed by atoms with van der Waals surface area (Å²) in [5, 5.41) is 5.59. The van der Waals surface area contributed by atoms with Gasteiger partial charge in [-0.15, -0.1) is 0 Å². The molecule has 0 aliphatic carbocycles. The molecule has 1 saturated heterocycles. The van der Waals surface area contributed by atoms with Crippen LogP contribution >= 0.6 is 0 Å². The fourth-order valence-electron chi connectivity index (χ4n) is 2.91. The highest BCUT2D eigenvalue weighted by molar-refractivity contribution is 5.96. The van der Waals surface area contributed by atoms with Gasteiger partial charge in [0.2, 0.25) is 5.91 Å². The van der Waals surface area contributed by atoms with Crippen LogP contribution in [0, 0.1) is 5.92 Å². The average molecular weight is 317 g/mol. The van der Waals surface area contributed by atoms with Crippen LogP contribution in [0.15, 0.2) is 30.3 Å². The summed E-state index contributed by atoms with van der Waals surface area (Å²) >= 11 is 0. The van der Waals surface area contributed by atoms with Crippen molar-refractivity contribution in [2.45, 2.75) is 32.7 Å². The van der Waals surface area contributed by atoms with Crippen LogP contribution in [0.5, 0.6) is 0 Å². The normalized spacial score (nSPS) is 18.7. The third-order valence-corrected chi connectivity index (χ3v) is 4.31. The van der Waals surface area contributed by atoms with Crippen LogP contribution in [0.2, 0.25) is 0 Å². The van der Waals surface area contributed by atoms with E-state index in [0.29, 0.717) is 24.1 Å². The van der Waals surface area contributed by atoms with Crippen molar-refractivity contribution >= 4 is 11.8 Å². The van der Waals surface area contributed by atoms with E-state index in [1.807, 2.05) is 6.07 Å². The molecule has 5 heteroatoms. The molecule has 23 heavy (non-hydrogen) atoms. The number of nitrogens with zero attached hydrogens (tertiary/aromatic N) is 1. The summed E-state index contributed by atoms with van der Waals surface area (Å²) in [6.07, 6.45) is 2.34. The molecule has 2 amide bonds. The first kappa shape index (κ1) is 17.5. The summed E-state index contributed by atoms with van der Waals surface area (Å²) < 4.78 is 0. The van der Waals surface area contributed by atoms with Gasteiger partial charge in [-0.05, 0) is 51.3 Å². The molecular weight excluding hydrogens is 290 g/mol. The number of hydrogen-bond acceptors (Lipinski definition) is 3. The monoisotopic (exact) mass is 317 g/mol. The van der Waals surface area contributed by atoms with Gasteiger partial charge in [0.25, 0.3) is 5.91 Å². The zero-order chi connectivity index (χ0) is 16.7. The van der Waals surface area contributed by atoms with Crippen molar-refractivity contribution in [2.75, 3.05) is 26.2 Å². The summed E-state index contributed by atoms with van der Waals surface area (Å²) in [6, 6.07) is 9.48. The quantitative estimate of drug-likeness (QED) is 0.839. The molecule has 1 fully saturated rings. The molecule has 1 aliphatic heterocycles. The van der Waals surface area contributed by atoms with Gasteiger partial charge < -0.3 is 15.5 Å². The number of benzene rings is 1. The lowest BCUT2D eigenvalue weighted by Gasteiger charge is -2.35. The highest BCUT2D eigenvalue weighted by Crippen LogP contribution is 2.17. The second-order valence-corrected chi connectivity index (χ2v) is 6.45. The Labute approximate surface area is 138 Å². The summed E-state index contributed by atoms with van der Waals surface area (Å²) in [5.41, 5.74) is 0.570. The molecule has 0 radical (unpaired) electrons. The fraction of sp³-hybridized carbons (Fsp3) is 0.556. The number of rotatable bonds is 6. The molecule has 0 aromatic heterocycles. The first-order valence-corrected chi connectivity index (χ1v) is 8.40. The molecule has 0 bridgehead atoms. The van der Waals surface area contributed by atoms with Crippen LogP contribution in [0.3, 0.4) is 0 Å². The Balaban J connectivity index is 1.68. The van der Waals surface area contributed by atoms with Gasteiger partial charge in [0, 0.05) is 24.7 Å². The fourth-order valence-corrected chi connectivity index (χ4v) is 2.91. The topological polar surface area (TPSA) is 61.4 Å². The molecule has 1 aromatic carbocycles. The highest BCUT2D eigenvalue weighted by atomic mass is 16.2. The lowest BCUT2D eigenvalue weighted by atomic mass is 9.97. The zero-order valence-electron chi connectivity index (χ0n) is 14.0. The number of piperidine rings is 1. The third-order valence-electron chi connectivity index (χ3n) is 4.31. The Morgan fingerprint density at radius 2 is 1.96 bits per heavy atom. The Hall–Kier alpha value is -1.88. The lowest BCUT2D eigenvalue weighted by Crippen LogP contribution is -2.45. The molecule has 1 aliphatic rings. The van der Waals surface area contributed by atoms with E-state index in [0.717, 1.165) is 19.5 Å². The highest BCUT2D eigenvalue weighted by Gasteiger charge is 2.21. The standard InChI is InChI=1S/C18H27N3O2/c1-14(2)21-10-6-7-15(13-21)11-19-17(22)12-20-18(23)16-8-4-3-5-9-16/h3-5,8-9,14-15H,6-7,10-13H2,1-2H3,(H,19,22)(H,20,23). The first-order chi connectivity index (χ1) is 11.1. The van der Waals surface area contributed by atoms with Crippen LogP contribution in [0.4, 0.5) is 0 Å². The van der Waals surface area contributed by atoms with Crippen molar-refractivity contribution in [3.63, 3.8) is 0 Å².